The van der Waals surface area contributed by atoms with E-state index < -0.39 is 22.2 Å². The van der Waals surface area contributed by atoms with Crippen LogP contribution in [0.3, 0.4) is 0 Å². The SMILES string of the molecule is Cc1[nH]ncc1S(=O)(=O)N(C)[C@@H]1CNC[C@H]1O. The molecule has 17 heavy (non-hydrogen) atoms. The lowest BCUT2D eigenvalue weighted by atomic mass is 10.2. The van der Waals surface area contributed by atoms with Crippen LogP contribution in [0.5, 0.6) is 0 Å². The number of aliphatic hydroxyl groups is 1. The molecular formula is C9H16N4O3S. The number of aliphatic hydroxyl groups excluding tert-OH is 1. The normalized spacial score (nSPS) is 25.6. The lowest BCUT2D eigenvalue weighted by Gasteiger charge is -2.25. The molecule has 1 saturated heterocycles. The Hall–Kier alpha value is -0.960. The number of aryl methyl sites for hydroxylation is 1. The number of sulfonamides is 1. The highest BCUT2D eigenvalue weighted by molar-refractivity contribution is 7.89. The number of rotatable bonds is 3. The summed E-state index contributed by atoms with van der Waals surface area (Å²) in [4.78, 5) is 0.152. The number of hydrogen-bond acceptors (Lipinski definition) is 5. The second kappa shape index (κ2) is 4.37. The Kier molecular flexibility index (Phi) is 3.21. The number of nitrogens with one attached hydrogen (secondary N) is 2. The van der Waals surface area contributed by atoms with Gasteiger partial charge in [0.25, 0.3) is 0 Å². The summed E-state index contributed by atoms with van der Waals surface area (Å²) in [5, 5.41) is 19.0. The van der Waals surface area contributed by atoms with Crippen LogP contribution in [-0.4, -0.2) is 60.3 Å². The maximum atomic E-state index is 12.3. The topological polar surface area (TPSA) is 98.3 Å². The van der Waals surface area contributed by atoms with Gasteiger partial charge in [-0.1, -0.05) is 0 Å². The summed E-state index contributed by atoms with van der Waals surface area (Å²) < 4.78 is 25.8. The summed E-state index contributed by atoms with van der Waals surface area (Å²) in [7, 11) is -2.13. The minimum Gasteiger partial charge on any atom is -0.390 e. The molecule has 3 N–H and O–H groups in total. The molecule has 0 spiro atoms. The number of β-amino-alcohol motifs (C(OH)–C–C–N with tert-alkyl or cyclic N) is 1. The van der Waals surface area contributed by atoms with Gasteiger partial charge in [0.2, 0.25) is 10.0 Å². The van der Waals surface area contributed by atoms with Crippen molar-refractivity contribution in [3.8, 4) is 0 Å². The van der Waals surface area contributed by atoms with Gasteiger partial charge in [-0.05, 0) is 6.92 Å². The Morgan fingerprint density at radius 3 is 2.71 bits per heavy atom. The van der Waals surface area contributed by atoms with Crippen LogP contribution in [0.4, 0.5) is 0 Å². The maximum Gasteiger partial charge on any atom is 0.246 e. The molecule has 2 atom stereocenters. The van der Waals surface area contributed by atoms with Crippen LogP contribution in [0.1, 0.15) is 5.69 Å². The quantitative estimate of drug-likeness (QED) is 0.625. The number of hydrogen-bond donors (Lipinski definition) is 3. The summed E-state index contributed by atoms with van der Waals surface area (Å²) in [6.07, 6.45) is 0.609. The van der Waals surface area contributed by atoms with Crippen molar-refractivity contribution in [1.29, 1.82) is 0 Å². The van der Waals surface area contributed by atoms with Crippen molar-refractivity contribution in [3.63, 3.8) is 0 Å². The van der Waals surface area contributed by atoms with E-state index in [-0.39, 0.29) is 4.90 Å². The third-order valence-electron chi connectivity index (χ3n) is 3.06. The van der Waals surface area contributed by atoms with Crippen LogP contribution >= 0.6 is 0 Å². The van der Waals surface area contributed by atoms with Gasteiger partial charge in [0.1, 0.15) is 4.90 Å². The molecule has 0 amide bonds. The molecule has 96 valence electrons. The molecule has 2 rings (SSSR count). The van der Waals surface area contributed by atoms with E-state index in [0.717, 1.165) is 0 Å². The molecule has 1 aromatic heterocycles. The molecule has 1 aromatic rings. The predicted molar refractivity (Wildman–Crippen MR) is 60.9 cm³/mol. The first-order valence-corrected chi connectivity index (χ1v) is 6.75. The molecule has 0 saturated carbocycles. The van der Waals surface area contributed by atoms with Crippen molar-refractivity contribution in [2.45, 2.75) is 24.0 Å². The van der Waals surface area contributed by atoms with Gasteiger partial charge in [0, 0.05) is 20.1 Å². The average molecular weight is 260 g/mol. The summed E-state index contributed by atoms with van der Waals surface area (Å²) >= 11 is 0. The Labute approximate surface area is 99.9 Å². The highest BCUT2D eigenvalue weighted by Gasteiger charge is 2.36. The van der Waals surface area contributed by atoms with E-state index >= 15 is 0 Å². The number of aromatic nitrogens is 2. The average Bonchev–Trinajstić information content (AvgIpc) is 2.86. The van der Waals surface area contributed by atoms with Crippen LogP contribution in [0, 0.1) is 6.92 Å². The third kappa shape index (κ3) is 2.08. The predicted octanol–water partition coefficient (Wildman–Crippen LogP) is -1.33. The van der Waals surface area contributed by atoms with E-state index in [4.69, 9.17) is 0 Å². The molecule has 1 fully saturated rings. The zero-order valence-corrected chi connectivity index (χ0v) is 10.5. The van der Waals surface area contributed by atoms with Crippen molar-refractivity contribution >= 4 is 10.0 Å². The minimum absolute atomic E-state index is 0.152. The Morgan fingerprint density at radius 1 is 1.53 bits per heavy atom. The van der Waals surface area contributed by atoms with E-state index in [1.165, 1.54) is 17.5 Å². The first kappa shape index (κ1) is 12.5. The summed E-state index contributed by atoms with van der Waals surface area (Å²) in [5.41, 5.74) is 0.497. The monoisotopic (exact) mass is 260 g/mol. The van der Waals surface area contributed by atoms with Crippen molar-refractivity contribution < 1.29 is 13.5 Å². The zero-order chi connectivity index (χ0) is 12.6. The highest BCUT2D eigenvalue weighted by Crippen LogP contribution is 2.20. The van der Waals surface area contributed by atoms with Gasteiger partial charge in [0.15, 0.2) is 0 Å². The molecule has 7 nitrogen and oxygen atoms in total. The van der Waals surface area contributed by atoms with Gasteiger partial charge >= 0.3 is 0 Å². The van der Waals surface area contributed by atoms with Crippen LogP contribution in [0.15, 0.2) is 11.1 Å². The van der Waals surface area contributed by atoms with E-state index in [0.29, 0.717) is 18.8 Å². The fourth-order valence-electron chi connectivity index (χ4n) is 1.96. The van der Waals surface area contributed by atoms with E-state index in [9.17, 15) is 13.5 Å². The molecule has 0 radical (unpaired) electrons. The Morgan fingerprint density at radius 2 is 2.24 bits per heavy atom. The molecule has 1 aliphatic rings. The molecule has 2 heterocycles. The zero-order valence-electron chi connectivity index (χ0n) is 9.71. The molecule has 0 aromatic carbocycles. The van der Waals surface area contributed by atoms with E-state index in [1.807, 2.05) is 0 Å². The summed E-state index contributed by atoms with van der Waals surface area (Å²) in [6, 6.07) is -0.436. The van der Waals surface area contributed by atoms with Crippen molar-refractivity contribution in [3.05, 3.63) is 11.9 Å². The van der Waals surface area contributed by atoms with Crippen LogP contribution in [0.2, 0.25) is 0 Å². The fourth-order valence-corrected chi connectivity index (χ4v) is 3.46. The molecule has 8 heteroatoms. The first-order chi connectivity index (χ1) is 7.94. The largest absolute Gasteiger partial charge is 0.390 e. The number of aromatic amines is 1. The van der Waals surface area contributed by atoms with Gasteiger partial charge < -0.3 is 10.4 Å². The molecule has 0 aliphatic carbocycles. The highest BCUT2D eigenvalue weighted by atomic mass is 32.2. The molecule has 0 unspecified atom stereocenters. The smallest absolute Gasteiger partial charge is 0.246 e. The van der Waals surface area contributed by atoms with Crippen molar-refractivity contribution in [2.24, 2.45) is 0 Å². The Bertz CT molecular complexity index is 498. The minimum atomic E-state index is -3.60. The van der Waals surface area contributed by atoms with Gasteiger partial charge in [-0.3, -0.25) is 5.10 Å². The molecular weight excluding hydrogens is 244 g/mol. The number of H-pyrrole nitrogens is 1. The lowest BCUT2D eigenvalue weighted by molar-refractivity contribution is 0.136. The van der Waals surface area contributed by atoms with E-state index in [1.54, 1.807) is 6.92 Å². The van der Waals surface area contributed by atoms with Crippen LogP contribution in [0.25, 0.3) is 0 Å². The summed E-state index contributed by atoms with van der Waals surface area (Å²) in [6.45, 7) is 2.51. The van der Waals surface area contributed by atoms with Crippen LogP contribution < -0.4 is 5.32 Å². The van der Waals surface area contributed by atoms with Gasteiger partial charge in [-0.15, -0.1) is 0 Å². The summed E-state index contributed by atoms with van der Waals surface area (Å²) in [5.74, 6) is 0. The van der Waals surface area contributed by atoms with Crippen LogP contribution in [-0.2, 0) is 10.0 Å². The standard InChI is InChI=1S/C9H16N4O3S/c1-6-9(5-11-12-6)17(15,16)13(2)7-3-10-4-8(7)14/h5,7-8,10,14H,3-4H2,1-2H3,(H,11,12)/t7-,8-/m1/s1. The maximum absolute atomic E-state index is 12.3. The fraction of sp³-hybridized carbons (Fsp3) is 0.667. The van der Waals surface area contributed by atoms with Gasteiger partial charge in [0.05, 0.1) is 24.0 Å². The second-order valence-electron chi connectivity index (χ2n) is 4.17. The first-order valence-electron chi connectivity index (χ1n) is 5.31. The third-order valence-corrected chi connectivity index (χ3v) is 5.06. The second-order valence-corrected chi connectivity index (χ2v) is 6.14. The van der Waals surface area contributed by atoms with Crippen molar-refractivity contribution in [2.75, 3.05) is 20.1 Å². The molecule has 1 aliphatic heterocycles. The Balaban J connectivity index is 2.30. The molecule has 0 bridgehead atoms. The van der Waals surface area contributed by atoms with Gasteiger partial charge in [-0.2, -0.15) is 9.40 Å². The number of nitrogens with zero attached hydrogens (tertiary/aromatic N) is 2. The van der Waals surface area contributed by atoms with Gasteiger partial charge in [-0.25, -0.2) is 8.42 Å². The van der Waals surface area contributed by atoms with Crippen molar-refractivity contribution in [1.82, 2.24) is 19.8 Å². The van der Waals surface area contributed by atoms with E-state index in [2.05, 4.69) is 15.5 Å². The number of likely N-dealkylation sites (N-methyl/N-ethyl adjacent to an activating group) is 1. The lowest BCUT2D eigenvalue weighted by Crippen LogP contribution is -2.44.